The third kappa shape index (κ3) is 2.83. The van der Waals surface area contributed by atoms with Crippen molar-refractivity contribution in [2.45, 2.75) is 44.6 Å². The highest BCUT2D eigenvalue weighted by Gasteiger charge is 2.36. The summed E-state index contributed by atoms with van der Waals surface area (Å²) in [5, 5.41) is 0. The number of carbonyl (C=O) groups is 1. The number of carbonyl (C=O) groups excluding carboxylic acids is 1. The number of imidazole rings is 1. The van der Waals surface area contributed by atoms with Crippen LogP contribution in [-0.4, -0.2) is 27.3 Å². The highest BCUT2D eigenvalue weighted by molar-refractivity contribution is 5.80. The third-order valence-corrected chi connectivity index (χ3v) is 5.29. The number of hydrogen-bond donors (Lipinski definition) is 1. The van der Waals surface area contributed by atoms with E-state index in [0.717, 1.165) is 55.7 Å². The Balaban J connectivity index is 1.58. The molecule has 1 aliphatic carbocycles. The number of aromatic nitrogens is 2. The van der Waals surface area contributed by atoms with Crippen LogP contribution in [0.15, 0.2) is 30.5 Å². The van der Waals surface area contributed by atoms with Crippen LogP contribution in [0.4, 0.5) is 4.39 Å². The molecule has 126 valence electrons. The molecule has 1 N–H and O–H groups in total. The number of amides is 1. The van der Waals surface area contributed by atoms with E-state index in [1.807, 2.05) is 11.0 Å². The molecule has 1 amide bonds. The Morgan fingerprint density at radius 3 is 2.83 bits per heavy atom. The molecule has 2 aromatic rings. The van der Waals surface area contributed by atoms with E-state index in [0.29, 0.717) is 0 Å². The van der Waals surface area contributed by atoms with Crippen LogP contribution in [0.2, 0.25) is 0 Å². The number of hydrogen-bond acceptors (Lipinski definition) is 2. The second-order valence-electron chi connectivity index (χ2n) is 6.86. The SMILES string of the molecule is O=C(C1CCC1)N1CCCCC1c1ncc(-c2cccc(F)c2)[nH]1. The maximum atomic E-state index is 13.4. The number of nitrogens with zero attached hydrogens (tertiary/aromatic N) is 2. The van der Waals surface area contributed by atoms with E-state index in [2.05, 4.69) is 9.97 Å². The molecule has 1 unspecified atom stereocenters. The molecule has 0 spiro atoms. The van der Waals surface area contributed by atoms with E-state index in [1.54, 1.807) is 12.3 Å². The fourth-order valence-corrected chi connectivity index (χ4v) is 3.68. The molecule has 1 aliphatic heterocycles. The van der Waals surface area contributed by atoms with Crippen LogP contribution < -0.4 is 0 Å². The van der Waals surface area contributed by atoms with Crippen LogP contribution in [0, 0.1) is 11.7 Å². The van der Waals surface area contributed by atoms with Crippen molar-refractivity contribution in [1.29, 1.82) is 0 Å². The summed E-state index contributed by atoms with van der Waals surface area (Å²) < 4.78 is 13.4. The van der Waals surface area contributed by atoms with E-state index >= 15 is 0 Å². The minimum atomic E-state index is -0.261. The van der Waals surface area contributed by atoms with Crippen LogP contribution in [0.25, 0.3) is 11.3 Å². The lowest BCUT2D eigenvalue weighted by Gasteiger charge is -2.39. The van der Waals surface area contributed by atoms with Crippen LogP contribution in [0.3, 0.4) is 0 Å². The lowest BCUT2D eigenvalue weighted by Crippen LogP contribution is -2.44. The van der Waals surface area contributed by atoms with E-state index in [-0.39, 0.29) is 23.7 Å². The number of benzene rings is 1. The topological polar surface area (TPSA) is 49.0 Å². The Labute approximate surface area is 141 Å². The molecule has 2 heterocycles. The summed E-state index contributed by atoms with van der Waals surface area (Å²) in [5.74, 6) is 1.06. The summed E-state index contributed by atoms with van der Waals surface area (Å²) >= 11 is 0. The average molecular weight is 327 g/mol. The molecule has 1 atom stereocenters. The maximum absolute atomic E-state index is 13.4. The number of aromatic amines is 1. The normalized spacial score (nSPS) is 21.5. The second-order valence-corrected chi connectivity index (χ2v) is 6.86. The van der Waals surface area contributed by atoms with E-state index in [9.17, 15) is 9.18 Å². The molecule has 1 aromatic heterocycles. The molecular formula is C19H22FN3O. The van der Waals surface area contributed by atoms with Gasteiger partial charge < -0.3 is 9.88 Å². The van der Waals surface area contributed by atoms with Gasteiger partial charge in [-0.25, -0.2) is 9.37 Å². The fraction of sp³-hybridized carbons (Fsp3) is 0.474. The molecule has 0 radical (unpaired) electrons. The van der Waals surface area contributed by atoms with Gasteiger partial charge in [0.25, 0.3) is 0 Å². The van der Waals surface area contributed by atoms with Gasteiger partial charge in [-0.15, -0.1) is 0 Å². The fourth-order valence-electron chi connectivity index (χ4n) is 3.68. The van der Waals surface area contributed by atoms with Crippen LogP contribution in [-0.2, 0) is 4.79 Å². The molecule has 2 aliphatic rings. The minimum Gasteiger partial charge on any atom is -0.340 e. The summed E-state index contributed by atoms with van der Waals surface area (Å²) in [6, 6.07) is 6.50. The number of halogens is 1. The summed E-state index contributed by atoms with van der Waals surface area (Å²) in [6.07, 6.45) is 8.06. The van der Waals surface area contributed by atoms with Gasteiger partial charge in [-0.1, -0.05) is 18.6 Å². The van der Waals surface area contributed by atoms with Gasteiger partial charge in [-0.2, -0.15) is 0 Å². The molecule has 4 rings (SSSR count). The molecule has 1 saturated heterocycles. The van der Waals surface area contributed by atoms with Crippen molar-refractivity contribution in [2.75, 3.05) is 6.54 Å². The monoisotopic (exact) mass is 327 g/mol. The van der Waals surface area contributed by atoms with Crippen molar-refractivity contribution in [3.63, 3.8) is 0 Å². The van der Waals surface area contributed by atoms with Gasteiger partial charge in [0, 0.05) is 18.0 Å². The first kappa shape index (κ1) is 15.4. The summed E-state index contributed by atoms with van der Waals surface area (Å²) in [4.78, 5) is 22.6. The lowest BCUT2D eigenvalue weighted by molar-refractivity contribution is -0.142. The predicted octanol–water partition coefficient (Wildman–Crippen LogP) is 4.07. The zero-order valence-corrected chi connectivity index (χ0v) is 13.7. The van der Waals surface area contributed by atoms with Crippen molar-refractivity contribution in [3.8, 4) is 11.3 Å². The molecular weight excluding hydrogens is 305 g/mol. The highest BCUT2D eigenvalue weighted by atomic mass is 19.1. The van der Waals surface area contributed by atoms with Gasteiger partial charge in [0.15, 0.2) is 0 Å². The smallest absolute Gasteiger partial charge is 0.226 e. The van der Waals surface area contributed by atoms with Crippen molar-refractivity contribution in [2.24, 2.45) is 5.92 Å². The zero-order chi connectivity index (χ0) is 16.5. The number of H-pyrrole nitrogens is 1. The van der Waals surface area contributed by atoms with Gasteiger partial charge in [0.2, 0.25) is 5.91 Å². The standard InChI is InChI=1S/C19H22FN3O/c20-15-8-4-7-14(11-15)16-12-21-18(22-16)17-9-1-2-10-23(17)19(24)13-5-3-6-13/h4,7-8,11-13,17H,1-3,5-6,9-10H2,(H,21,22). The first-order valence-corrected chi connectivity index (χ1v) is 8.84. The summed E-state index contributed by atoms with van der Waals surface area (Å²) in [6.45, 7) is 0.815. The average Bonchev–Trinajstić information content (AvgIpc) is 3.03. The quantitative estimate of drug-likeness (QED) is 0.924. The zero-order valence-electron chi connectivity index (χ0n) is 13.7. The van der Waals surface area contributed by atoms with Crippen LogP contribution in [0.5, 0.6) is 0 Å². The Morgan fingerprint density at radius 1 is 1.21 bits per heavy atom. The Hall–Kier alpha value is -2.17. The van der Waals surface area contributed by atoms with Gasteiger partial charge in [0.05, 0.1) is 17.9 Å². The van der Waals surface area contributed by atoms with E-state index in [1.165, 1.54) is 18.6 Å². The van der Waals surface area contributed by atoms with Crippen molar-refractivity contribution in [1.82, 2.24) is 14.9 Å². The highest BCUT2D eigenvalue weighted by Crippen LogP contribution is 2.36. The number of nitrogens with one attached hydrogen (secondary N) is 1. The van der Waals surface area contributed by atoms with Gasteiger partial charge in [-0.05, 0) is 44.2 Å². The first-order chi connectivity index (χ1) is 11.7. The minimum absolute atomic E-state index is 0.0224. The van der Waals surface area contributed by atoms with Gasteiger partial charge in [-0.3, -0.25) is 4.79 Å². The molecule has 24 heavy (non-hydrogen) atoms. The molecule has 0 bridgehead atoms. The largest absolute Gasteiger partial charge is 0.340 e. The van der Waals surface area contributed by atoms with Crippen molar-refractivity contribution < 1.29 is 9.18 Å². The van der Waals surface area contributed by atoms with Crippen LogP contribution in [0.1, 0.15) is 50.4 Å². The third-order valence-electron chi connectivity index (χ3n) is 5.29. The van der Waals surface area contributed by atoms with E-state index < -0.39 is 0 Å². The molecule has 4 nitrogen and oxygen atoms in total. The van der Waals surface area contributed by atoms with Crippen molar-refractivity contribution >= 4 is 5.91 Å². The Bertz CT molecular complexity index is 738. The summed E-state index contributed by atoms with van der Waals surface area (Å²) in [5.41, 5.74) is 1.58. The lowest BCUT2D eigenvalue weighted by atomic mass is 9.83. The van der Waals surface area contributed by atoms with Crippen molar-refractivity contribution in [3.05, 3.63) is 42.1 Å². The number of likely N-dealkylation sites (tertiary alicyclic amines) is 1. The number of piperidine rings is 1. The van der Waals surface area contributed by atoms with E-state index in [4.69, 9.17) is 0 Å². The summed E-state index contributed by atoms with van der Waals surface area (Å²) in [7, 11) is 0. The van der Waals surface area contributed by atoms with Gasteiger partial charge >= 0.3 is 0 Å². The molecule has 2 fully saturated rings. The Kier molecular flexibility index (Phi) is 4.08. The number of rotatable bonds is 3. The molecule has 1 saturated carbocycles. The molecule has 5 heteroatoms. The van der Waals surface area contributed by atoms with Crippen LogP contribution >= 0.6 is 0 Å². The second kappa shape index (κ2) is 6.38. The maximum Gasteiger partial charge on any atom is 0.226 e. The Morgan fingerprint density at radius 2 is 2.08 bits per heavy atom. The first-order valence-electron chi connectivity index (χ1n) is 8.84. The molecule has 1 aromatic carbocycles. The predicted molar refractivity (Wildman–Crippen MR) is 89.6 cm³/mol. The van der Waals surface area contributed by atoms with Gasteiger partial charge in [0.1, 0.15) is 11.6 Å².